The molecule has 0 spiro atoms. The van der Waals surface area contributed by atoms with Gasteiger partial charge < -0.3 is 5.32 Å². The van der Waals surface area contributed by atoms with E-state index in [2.05, 4.69) is 14.8 Å². The van der Waals surface area contributed by atoms with Crippen LogP contribution in [0.15, 0.2) is 118 Å². The van der Waals surface area contributed by atoms with Gasteiger partial charge in [0.15, 0.2) is 0 Å². The molecule has 226 valence electrons. The van der Waals surface area contributed by atoms with Crippen LogP contribution in [0.4, 0.5) is 17.1 Å². The SMILES string of the molecule is Cc1c(NS(=O)(=O)c2cccc(C(=O)Nc3ccc(S(=O)(=O)Nc4cccc(Cl)c4)cc3)c2)c(=O)n(-c2ccccc2)n1C. The Labute approximate surface area is 258 Å². The standard InChI is InChI=1S/C30H26ClN5O6S2/c1-20-28(30(38)36(35(20)2)25-11-4-3-5-12-25)34-44(41,42)27-13-6-8-21(18-27)29(37)32-23-14-16-26(17-15-23)43(39,40)33-24-10-7-9-22(31)19-24/h3-19,33-34H,1-2H3,(H,32,37). The number of amides is 1. The van der Waals surface area contributed by atoms with Gasteiger partial charge in [-0.05, 0) is 79.7 Å². The first-order valence-electron chi connectivity index (χ1n) is 13.0. The number of carbonyl (C=O) groups is 1. The van der Waals surface area contributed by atoms with Gasteiger partial charge in [-0.1, -0.05) is 41.9 Å². The highest BCUT2D eigenvalue weighted by Crippen LogP contribution is 2.23. The van der Waals surface area contributed by atoms with E-state index < -0.39 is 31.5 Å². The molecule has 14 heteroatoms. The minimum Gasteiger partial charge on any atom is -0.322 e. The lowest BCUT2D eigenvalue weighted by molar-refractivity contribution is 0.102. The van der Waals surface area contributed by atoms with E-state index in [1.165, 1.54) is 59.3 Å². The molecule has 0 aliphatic carbocycles. The molecule has 0 bridgehead atoms. The molecule has 0 unspecified atom stereocenters. The van der Waals surface area contributed by atoms with E-state index in [9.17, 15) is 26.4 Å². The van der Waals surface area contributed by atoms with E-state index in [0.29, 0.717) is 22.1 Å². The number of aromatic nitrogens is 2. The van der Waals surface area contributed by atoms with Crippen LogP contribution in [-0.2, 0) is 27.1 Å². The molecule has 1 amide bonds. The average Bonchev–Trinajstić information content (AvgIpc) is 3.20. The van der Waals surface area contributed by atoms with Crippen molar-refractivity contribution in [3.63, 3.8) is 0 Å². The molecule has 1 aromatic heterocycles. The van der Waals surface area contributed by atoms with Crippen LogP contribution >= 0.6 is 11.6 Å². The molecule has 11 nitrogen and oxygen atoms in total. The fraction of sp³-hybridized carbons (Fsp3) is 0.0667. The lowest BCUT2D eigenvalue weighted by Crippen LogP contribution is -2.23. The second-order valence-corrected chi connectivity index (χ2v) is 13.5. The first-order valence-corrected chi connectivity index (χ1v) is 16.4. The Morgan fingerprint density at radius 2 is 1.39 bits per heavy atom. The smallest absolute Gasteiger partial charge is 0.296 e. The highest BCUT2D eigenvalue weighted by Gasteiger charge is 2.23. The number of benzene rings is 4. The lowest BCUT2D eigenvalue weighted by atomic mass is 10.2. The molecule has 0 fully saturated rings. The number of hydrogen-bond acceptors (Lipinski definition) is 6. The van der Waals surface area contributed by atoms with Gasteiger partial charge in [-0.2, -0.15) is 0 Å². The molecule has 0 saturated carbocycles. The maximum absolute atomic E-state index is 13.3. The van der Waals surface area contributed by atoms with Gasteiger partial charge >= 0.3 is 0 Å². The average molecular weight is 652 g/mol. The van der Waals surface area contributed by atoms with Gasteiger partial charge in [-0.25, -0.2) is 21.5 Å². The van der Waals surface area contributed by atoms with Crippen LogP contribution in [0.5, 0.6) is 0 Å². The second-order valence-electron chi connectivity index (χ2n) is 9.66. The molecule has 44 heavy (non-hydrogen) atoms. The summed E-state index contributed by atoms with van der Waals surface area (Å²) in [6.07, 6.45) is 0. The summed E-state index contributed by atoms with van der Waals surface area (Å²) in [7, 11) is -6.54. The molecule has 0 aliphatic rings. The molecule has 4 aromatic carbocycles. The van der Waals surface area contributed by atoms with Crippen molar-refractivity contribution in [1.82, 2.24) is 9.36 Å². The zero-order valence-corrected chi connectivity index (χ0v) is 25.7. The molecular formula is C30H26ClN5O6S2. The molecular weight excluding hydrogens is 626 g/mol. The van der Waals surface area contributed by atoms with Crippen LogP contribution in [-0.4, -0.2) is 32.1 Å². The van der Waals surface area contributed by atoms with E-state index in [0.717, 1.165) is 0 Å². The third kappa shape index (κ3) is 6.39. The van der Waals surface area contributed by atoms with Crippen LogP contribution in [0.25, 0.3) is 5.69 Å². The van der Waals surface area contributed by atoms with Crippen LogP contribution in [0.1, 0.15) is 16.1 Å². The van der Waals surface area contributed by atoms with Crippen LogP contribution in [0.2, 0.25) is 5.02 Å². The molecule has 5 rings (SSSR count). The summed E-state index contributed by atoms with van der Waals surface area (Å²) in [4.78, 5) is 25.9. The van der Waals surface area contributed by atoms with Gasteiger partial charge in [0.2, 0.25) is 0 Å². The van der Waals surface area contributed by atoms with Crippen molar-refractivity contribution in [2.45, 2.75) is 16.7 Å². The van der Waals surface area contributed by atoms with Crippen molar-refractivity contribution >= 4 is 54.6 Å². The summed E-state index contributed by atoms with van der Waals surface area (Å²) in [6.45, 7) is 1.62. The lowest BCUT2D eigenvalue weighted by Gasteiger charge is -2.11. The number of nitrogens with zero attached hydrogens (tertiary/aromatic N) is 2. The zero-order chi connectivity index (χ0) is 31.6. The van der Waals surface area contributed by atoms with Crippen molar-refractivity contribution in [3.05, 3.63) is 130 Å². The van der Waals surface area contributed by atoms with Crippen molar-refractivity contribution < 1.29 is 21.6 Å². The van der Waals surface area contributed by atoms with E-state index in [4.69, 9.17) is 11.6 Å². The number of sulfonamides is 2. The molecule has 5 aromatic rings. The van der Waals surface area contributed by atoms with Crippen molar-refractivity contribution in [2.24, 2.45) is 7.05 Å². The van der Waals surface area contributed by atoms with Gasteiger partial charge in [0, 0.05) is 23.3 Å². The maximum atomic E-state index is 13.3. The number of anilines is 3. The molecule has 0 aliphatic heterocycles. The Bertz CT molecular complexity index is 2140. The van der Waals surface area contributed by atoms with Crippen LogP contribution in [0, 0.1) is 6.92 Å². The number of halogens is 1. The van der Waals surface area contributed by atoms with Crippen LogP contribution < -0.4 is 20.3 Å². The van der Waals surface area contributed by atoms with Gasteiger partial charge in [0.25, 0.3) is 31.5 Å². The van der Waals surface area contributed by atoms with Gasteiger partial charge in [-0.3, -0.25) is 23.7 Å². The van der Waals surface area contributed by atoms with Gasteiger partial charge in [0.05, 0.1) is 26.9 Å². The summed E-state index contributed by atoms with van der Waals surface area (Å²) >= 11 is 5.92. The number of rotatable bonds is 9. The fourth-order valence-corrected chi connectivity index (χ4v) is 6.77. The zero-order valence-electron chi connectivity index (χ0n) is 23.4. The first-order chi connectivity index (χ1) is 20.9. The molecule has 3 N–H and O–H groups in total. The first kappa shape index (κ1) is 30.6. The number of para-hydroxylation sites is 1. The van der Waals surface area contributed by atoms with Crippen LogP contribution in [0.3, 0.4) is 0 Å². The number of nitrogens with one attached hydrogen (secondary N) is 3. The molecule has 1 heterocycles. The Kier molecular flexibility index (Phi) is 8.37. The summed E-state index contributed by atoms with van der Waals surface area (Å²) < 4.78 is 59.8. The summed E-state index contributed by atoms with van der Waals surface area (Å²) in [5.74, 6) is -0.628. The Hall–Kier alpha value is -4.85. The maximum Gasteiger partial charge on any atom is 0.296 e. The largest absolute Gasteiger partial charge is 0.322 e. The van der Waals surface area contributed by atoms with E-state index >= 15 is 0 Å². The Morgan fingerprint density at radius 1 is 0.727 bits per heavy atom. The van der Waals surface area contributed by atoms with E-state index in [1.807, 2.05) is 0 Å². The quantitative estimate of drug-likeness (QED) is 0.204. The monoisotopic (exact) mass is 651 g/mol. The van der Waals surface area contributed by atoms with Gasteiger partial charge in [-0.15, -0.1) is 0 Å². The summed E-state index contributed by atoms with van der Waals surface area (Å²) in [6, 6.07) is 25.8. The third-order valence-electron chi connectivity index (χ3n) is 6.70. The summed E-state index contributed by atoms with van der Waals surface area (Å²) in [5, 5.41) is 3.00. The predicted molar refractivity (Wildman–Crippen MR) is 170 cm³/mol. The molecule has 0 atom stereocenters. The van der Waals surface area contributed by atoms with Crippen molar-refractivity contribution in [1.29, 1.82) is 0 Å². The van der Waals surface area contributed by atoms with E-state index in [-0.39, 0.29) is 26.7 Å². The fourth-order valence-electron chi connectivity index (χ4n) is 4.37. The molecule has 0 radical (unpaired) electrons. The topological polar surface area (TPSA) is 148 Å². The van der Waals surface area contributed by atoms with Gasteiger partial charge in [0.1, 0.15) is 5.69 Å². The highest BCUT2D eigenvalue weighted by molar-refractivity contribution is 7.93. The normalized spacial score (nSPS) is 11.6. The second kappa shape index (κ2) is 12.0. The minimum atomic E-state index is -4.26. The summed E-state index contributed by atoms with van der Waals surface area (Å²) in [5.41, 5.74) is 0.888. The number of carbonyl (C=O) groups excluding carboxylic acids is 1. The predicted octanol–water partition coefficient (Wildman–Crippen LogP) is 4.99. The molecule has 0 saturated heterocycles. The Balaban J connectivity index is 1.32. The van der Waals surface area contributed by atoms with E-state index in [1.54, 1.807) is 67.2 Å². The van der Waals surface area contributed by atoms with Crippen molar-refractivity contribution in [2.75, 3.05) is 14.8 Å². The third-order valence-corrected chi connectivity index (χ3v) is 9.68. The minimum absolute atomic E-state index is 0.0266. The van der Waals surface area contributed by atoms with Crippen molar-refractivity contribution in [3.8, 4) is 5.69 Å². The highest BCUT2D eigenvalue weighted by atomic mass is 35.5. The number of hydrogen-bond donors (Lipinski definition) is 3. The Morgan fingerprint density at radius 3 is 2.07 bits per heavy atom.